The van der Waals surface area contributed by atoms with Gasteiger partial charge in [-0.15, -0.1) is 12.4 Å². The molecular formula is C14H27ClN2O2. The molecule has 1 unspecified atom stereocenters. The molecule has 2 aliphatic heterocycles. The number of piperidine rings is 1. The monoisotopic (exact) mass is 290 g/mol. The van der Waals surface area contributed by atoms with Crippen LogP contribution in [0.2, 0.25) is 0 Å². The summed E-state index contributed by atoms with van der Waals surface area (Å²) in [7, 11) is 1.91. The third kappa shape index (κ3) is 5.67. The number of likely N-dealkylation sites (N-methyl/N-ethyl adjacent to an activating group) is 1. The Bertz CT molecular complexity index is 264. The molecule has 5 heteroatoms. The highest BCUT2D eigenvalue weighted by atomic mass is 35.5. The molecular weight excluding hydrogens is 264 g/mol. The lowest BCUT2D eigenvalue weighted by Crippen LogP contribution is -2.34. The van der Waals surface area contributed by atoms with E-state index in [1.54, 1.807) is 0 Å². The minimum absolute atomic E-state index is 0. The third-order valence-corrected chi connectivity index (χ3v) is 4.15. The fourth-order valence-electron chi connectivity index (χ4n) is 2.88. The van der Waals surface area contributed by atoms with Crippen LogP contribution < -0.4 is 5.32 Å². The van der Waals surface area contributed by atoms with Crippen LogP contribution in [0, 0.1) is 5.92 Å². The maximum Gasteiger partial charge on any atom is 0.222 e. The van der Waals surface area contributed by atoms with Gasteiger partial charge in [-0.3, -0.25) is 4.79 Å². The van der Waals surface area contributed by atoms with E-state index in [1.807, 2.05) is 11.9 Å². The van der Waals surface area contributed by atoms with Gasteiger partial charge in [-0.1, -0.05) is 0 Å². The molecule has 0 spiro atoms. The largest absolute Gasteiger partial charge is 0.376 e. The second-order valence-electron chi connectivity index (χ2n) is 5.64. The topological polar surface area (TPSA) is 41.6 Å². The van der Waals surface area contributed by atoms with Gasteiger partial charge in [0, 0.05) is 26.6 Å². The maximum atomic E-state index is 12.0. The zero-order valence-electron chi connectivity index (χ0n) is 11.9. The summed E-state index contributed by atoms with van der Waals surface area (Å²) in [5, 5.41) is 3.36. The minimum Gasteiger partial charge on any atom is -0.376 e. The van der Waals surface area contributed by atoms with Crippen molar-refractivity contribution in [3.8, 4) is 0 Å². The highest BCUT2D eigenvalue weighted by molar-refractivity contribution is 5.85. The van der Waals surface area contributed by atoms with Crippen molar-refractivity contribution < 1.29 is 9.53 Å². The Labute approximate surface area is 122 Å². The lowest BCUT2D eigenvalue weighted by atomic mass is 9.93. The van der Waals surface area contributed by atoms with Gasteiger partial charge in [-0.25, -0.2) is 0 Å². The van der Waals surface area contributed by atoms with Crippen molar-refractivity contribution in [1.29, 1.82) is 0 Å². The molecule has 0 saturated carbocycles. The highest BCUT2D eigenvalue weighted by Gasteiger charge is 2.21. The molecule has 1 N–H and O–H groups in total. The molecule has 4 nitrogen and oxygen atoms in total. The number of halogens is 1. The van der Waals surface area contributed by atoms with Crippen LogP contribution in [-0.2, 0) is 9.53 Å². The van der Waals surface area contributed by atoms with Gasteiger partial charge in [-0.2, -0.15) is 0 Å². The number of nitrogens with zero attached hydrogens (tertiary/aromatic N) is 1. The van der Waals surface area contributed by atoms with Crippen LogP contribution >= 0.6 is 12.4 Å². The highest BCUT2D eigenvalue weighted by Crippen LogP contribution is 2.19. The van der Waals surface area contributed by atoms with Gasteiger partial charge in [0.15, 0.2) is 0 Å². The van der Waals surface area contributed by atoms with Crippen LogP contribution in [-0.4, -0.2) is 50.2 Å². The fourth-order valence-corrected chi connectivity index (χ4v) is 2.88. The predicted octanol–water partition coefficient (Wildman–Crippen LogP) is 1.83. The molecule has 0 bridgehead atoms. The second-order valence-corrected chi connectivity index (χ2v) is 5.64. The summed E-state index contributed by atoms with van der Waals surface area (Å²) in [6.45, 7) is 3.86. The summed E-state index contributed by atoms with van der Waals surface area (Å²) < 4.78 is 5.57. The van der Waals surface area contributed by atoms with Crippen molar-refractivity contribution in [1.82, 2.24) is 10.2 Å². The zero-order valence-corrected chi connectivity index (χ0v) is 12.7. The fraction of sp³-hybridized carbons (Fsp3) is 0.929. The normalized spacial score (nSPS) is 23.9. The molecule has 112 valence electrons. The van der Waals surface area contributed by atoms with E-state index >= 15 is 0 Å². The minimum atomic E-state index is 0. The molecule has 2 heterocycles. The number of ether oxygens (including phenoxy) is 1. The number of nitrogens with one attached hydrogen (secondary N) is 1. The molecule has 2 fully saturated rings. The SMILES string of the molecule is CN(CC1CCCO1)C(=O)CCC1CCNCC1.Cl. The molecule has 0 radical (unpaired) electrons. The Balaban J connectivity index is 0.00000180. The first-order valence-corrected chi connectivity index (χ1v) is 7.32. The Morgan fingerprint density at radius 1 is 1.32 bits per heavy atom. The number of carbonyl (C=O) groups is 1. The Morgan fingerprint density at radius 3 is 2.68 bits per heavy atom. The molecule has 0 aromatic carbocycles. The zero-order chi connectivity index (χ0) is 12.8. The Morgan fingerprint density at radius 2 is 2.05 bits per heavy atom. The van der Waals surface area contributed by atoms with Crippen molar-refractivity contribution in [3.05, 3.63) is 0 Å². The van der Waals surface area contributed by atoms with Crippen LogP contribution in [0.25, 0.3) is 0 Å². The molecule has 0 aliphatic carbocycles. The van der Waals surface area contributed by atoms with E-state index < -0.39 is 0 Å². The molecule has 1 amide bonds. The van der Waals surface area contributed by atoms with Gasteiger partial charge in [0.25, 0.3) is 0 Å². The summed E-state index contributed by atoms with van der Waals surface area (Å²) in [5.74, 6) is 1.02. The van der Waals surface area contributed by atoms with Gasteiger partial charge in [-0.05, 0) is 51.1 Å². The van der Waals surface area contributed by atoms with E-state index in [1.165, 1.54) is 12.8 Å². The summed E-state index contributed by atoms with van der Waals surface area (Å²) in [6, 6.07) is 0. The van der Waals surface area contributed by atoms with Crippen molar-refractivity contribution in [2.45, 2.75) is 44.6 Å². The maximum absolute atomic E-state index is 12.0. The van der Waals surface area contributed by atoms with Gasteiger partial charge in [0.1, 0.15) is 0 Å². The molecule has 2 rings (SSSR count). The van der Waals surface area contributed by atoms with Gasteiger partial charge in [0.05, 0.1) is 6.10 Å². The average Bonchev–Trinajstić information content (AvgIpc) is 2.90. The van der Waals surface area contributed by atoms with E-state index in [9.17, 15) is 4.79 Å². The van der Waals surface area contributed by atoms with E-state index in [4.69, 9.17) is 4.74 Å². The van der Waals surface area contributed by atoms with Crippen molar-refractivity contribution in [2.24, 2.45) is 5.92 Å². The standard InChI is InChI=1S/C14H26N2O2.ClH/c1-16(11-13-3-2-10-18-13)14(17)5-4-12-6-8-15-9-7-12;/h12-13,15H,2-11H2,1H3;1H. The summed E-state index contributed by atoms with van der Waals surface area (Å²) in [5.41, 5.74) is 0. The van der Waals surface area contributed by atoms with Crippen LogP contribution in [0.15, 0.2) is 0 Å². The number of carbonyl (C=O) groups excluding carboxylic acids is 1. The van der Waals surface area contributed by atoms with E-state index in [0.29, 0.717) is 6.42 Å². The van der Waals surface area contributed by atoms with Crippen LogP contribution in [0.3, 0.4) is 0 Å². The first-order valence-electron chi connectivity index (χ1n) is 7.32. The van der Waals surface area contributed by atoms with Gasteiger partial charge >= 0.3 is 0 Å². The molecule has 1 atom stereocenters. The Hall–Kier alpha value is -0.320. The quantitative estimate of drug-likeness (QED) is 0.840. The predicted molar refractivity (Wildman–Crippen MR) is 78.7 cm³/mol. The number of hydrogen-bond acceptors (Lipinski definition) is 3. The lowest BCUT2D eigenvalue weighted by molar-refractivity contribution is -0.131. The van der Waals surface area contributed by atoms with Crippen LogP contribution in [0.5, 0.6) is 0 Å². The summed E-state index contributed by atoms with van der Waals surface area (Å²) in [4.78, 5) is 13.9. The summed E-state index contributed by atoms with van der Waals surface area (Å²) >= 11 is 0. The third-order valence-electron chi connectivity index (χ3n) is 4.15. The molecule has 2 aliphatic rings. The first kappa shape index (κ1) is 16.7. The first-order chi connectivity index (χ1) is 8.75. The number of amides is 1. The second kappa shape index (κ2) is 8.77. The van der Waals surface area contributed by atoms with E-state index in [-0.39, 0.29) is 24.4 Å². The number of rotatable bonds is 5. The smallest absolute Gasteiger partial charge is 0.222 e. The van der Waals surface area contributed by atoms with Crippen molar-refractivity contribution >= 4 is 18.3 Å². The van der Waals surface area contributed by atoms with Gasteiger partial charge < -0.3 is 15.0 Å². The molecule has 0 aromatic heterocycles. The van der Waals surface area contributed by atoms with Crippen LogP contribution in [0.1, 0.15) is 38.5 Å². The van der Waals surface area contributed by atoms with E-state index in [2.05, 4.69) is 5.32 Å². The lowest BCUT2D eigenvalue weighted by Gasteiger charge is -2.24. The van der Waals surface area contributed by atoms with E-state index in [0.717, 1.165) is 51.4 Å². The summed E-state index contributed by atoms with van der Waals surface area (Å²) in [6.07, 6.45) is 6.72. The van der Waals surface area contributed by atoms with Crippen molar-refractivity contribution in [3.63, 3.8) is 0 Å². The van der Waals surface area contributed by atoms with Gasteiger partial charge in [0.2, 0.25) is 5.91 Å². The molecule has 0 aromatic rings. The Kier molecular flexibility index (Phi) is 7.73. The van der Waals surface area contributed by atoms with Crippen molar-refractivity contribution in [2.75, 3.05) is 33.3 Å². The average molecular weight is 291 g/mol. The number of hydrogen-bond donors (Lipinski definition) is 1. The molecule has 2 saturated heterocycles. The molecule has 19 heavy (non-hydrogen) atoms. The van der Waals surface area contributed by atoms with Crippen LogP contribution in [0.4, 0.5) is 0 Å².